The lowest BCUT2D eigenvalue weighted by atomic mass is 9.99. The van der Waals surface area contributed by atoms with Crippen molar-refractivity contribution in [1.29, 1.82) is 0 Å². The maximum Gasteiger partial charge on any atom is 0.0422 e. The average molecular weight is 360 g/mol. The molecule has 1 atom stereocenters. The zero-order chi connectivity index (χ0) is 15.2. The fourth-order valence-electron chi connectivity index (χ4n) is 3.04. The minimum absolute atomic E-state index is 0.392. The van der Waals surface area contributed by atoms with Crippen molar-refractivity contribution in [3.8, 4) is 0 Å². The van der Waals surface area contributed by atoms with E-state index in [4.69, 9.17) is 0 Å². The van der Waals surface area contributed by atoms with Crippen LogP contribution in [0.25, 0.3) is 0 Å². The minimum atomic E-state index is 0.392. The SMILES string of the molecule is Brc1ccc(C(Cc2ccccn2)N2CCCNCC2)cc1. The van der Waals surface area contributed by atoms with Crippen molar-refractivity contribution in [2.45, 2.75) is 18.9 Å². The zero-order valence-corrected chi connectivity index (χ0v) is 14.3. The highest BCUT2D eigenvalue weighted by Gasteiger charge is 2.22. The van der Waals surface area contributed by atoms with Gasteiger partial charge in [0.15, 0.2) is 0 Å². The van der Waals surface area contributed by atoms with Crippen molar-refractivity contribution in [2.24, 2.45) is 0 Å². The van der Waals surface area contributed by atoms with Crippen LogP contribution in [-0.4, -0.2) is 36.1 Å². The van der Waals surface area contributed by atoms with Crippen molar-refractivity contribution < 1.29 is 0 Å². The third-order valence-corrected chi connectivity index (χ3v) is 4.73. The lowest BCUT2D eigenvalue weighted by Gasteiger charge is -2.31. The molecule has 1 fully saturated rings. The van der Waals surface area contributed by atoms with Crippen LogP contribution in [0.1, 0.15) is 23.7 Å². The Morgan fingerprint density at radius 1 is 1.09 bits per heavy atom. The molecule has 2 aromatic rings. The predicted molar refractivity (Wildman–Crippen MR) is 93.9 cm³/mol. The molecule has 2 heterocycles. The van der Waals surface area contributed by atoms with E-state index < -0.39 is 0 Å². The van der Waals surface area contributed by atoms with Crippen molar-refractivity contribution in [2.75, 3.05) is 26.2 Å². The lowest BCUT2D eigenvalue weighted by Crippen LogP contribution is -2.33. The van der Waals surface area contributed by atoms with Crippen LogP contribution in [0.3, 0.4) is 0 Å². The Hall–Kier alpha value is -1.23. The van der Waals surface area contributed by atoms with E-state index in [-0.39, 0.29) is 0 Å². The summed E-state index contributed by atoms with van der Waals surface area (Å²) in [4.78, 5) is 7.12. The average Bonchev–Trinajstić information content (AvgIpc) is 2.84. The summed E-state index contributed by atoms with van der Waals surface area (Å²) in [5.74, 6) is 0. The summed E-state index contributed by atoms with van der Waals surface area (Å²) in [6.45, 7) is 4.41. The molecule has 0 bridgehead atoms. The number of nitrogens with one attached hydrogen (secondary N) is 1. The number of nitrogens with zero attached hydrogens (tertiary/aromatic N) is 2. The Bertz CT molecular complexity index is 563. The minimum Gasteiger partial charge on any atom is -0.315 e. The molecular weight excluding hydrogens is 338 g/mol. The van der Waals surface area contributed by atoms with Gasteiger partial charge in [-0.2, -0.15) is 0 Å². The number of hydrogen-bond donors (Lipinski definition) is 1. The van der Waals surface area contributed by atoms with Gasteiger partial charge in [-0.1, -0.05) is 34.1 Å². The predicted octanol–water partition coefficient (Wildman–Crippen LogP) is 3.42. The van der Waals surface area contributed by atoms with Crippen LogP contribution in [0.15, 0.2) is 53.1 Å². The first-order valence-electron chi connectivity index (χ1n) is 7.93. The Morgan fingerprint density at radius 3 is 2.73 bits per heavy atom. The molecule has 3 rings (SSSR count). The second-order valence-electron chi connectivity index (χ2n) is 5.73. The van der Waals surface area contributed by atoms with E-state index in [0.29, 0.717) is 6.04 Å². The highest BCUT2D eigenvalue weighted by molar-refractivity contribution is 9.10. The molecule has 0 spiro atoms. The normalized spacial score (nSPS) is 17.9. The van der Waals surface area contributed by atoms with Gasteiger partial charge >= 0.3 is 0 Å². The molecular formula is C18H22BrN3. The summed E-state index contributed by atoms with van der Waals surface area (Å²) >= 11 is 3.53. The van der Waals surface area contributed by atoms with Gasteiger partial charge in [-0.25, -0.2) is 0 Å². The monoisotopic (exact) mass is 359 g/mol. The first-order valence-corrected chi connectivity index (χ1v) is 8.72. The van der Waals surface area contributed by atoms with Crippen LogP contribution in [0.4, 0.5) is 0 Å². The largest absolute Gasteiger partial charge is 0.315 e. The third kappa shape index (κ3) is 4.15. The summed E-state index contributed by atoms with van der Waals surface area (Å²) in [6.07, 6.45) is 4.05. The number of rotatable bonds is 4. The fourth-order valence-corrected chi connectivity index (χ4v) is 3.30. The number of halogens is 1. The zero-order valence-electron chi connectivity index (χ0n) is 12.7. The van der Waals surface area contributed by atoms with Gasteiger partial charge in [0.2, 0.25) is 0 Å². The molecule has 1 N–H and O–H groups in total. The first-order chi connectivity index (χ1) is 10.8. The van der Waals surface area contributed by atoms with E-state index in [1.54, 1.807) is 0 Å². The molecule has 1 unspecified atom stereocenters. The Kier molecular flexibility index (Phi) is 5.59. The van der Waals surface area contributed by atoms with E-state index in [2.05, 4.69) is 67.5 Å². The Labute approximate surface area is 140 Å². The molecule has 0 amide bonds. The van der Waals surface area contributed by atoms with Crippen molar-refractivity contribution >= 4 is 15.9 Å². The van der Waals surface area contributed by atoms with Crippen LogP contribution in [0, 0.1) is 0 Å². The van der Waals surface area contributed by atoms with E-state index in [1.165, 1.54) is 12.0 Å². The highest BCUT2D eigenvalue weighted by Crippen LogP contribution is 2.26. The molecule has 0 radical (unpaired) electrons. The number of pyridine rings is 1. The van der Waals surface area contributed by atoms with Crippen LogP contribution < -0.4 is 5.32 Å². The van der Waals surface area contributed by atoms with Crippen LogP contribution >= 0.6 is 15.9 Å². The van der Waals surface area contributed by atoms with E-state index in [9.17, 15) is 0 Å². The van der Waals surface area contributed by atoms with Crippen LogP contribution in [0.5, 0.6) is 0 Å². The molecule has 3 nitrogen and oxygen atoms in total. The second kappa shape index (κ2) is 7.86. The molecule has 22 heavy (non-hydrogen) atoms. The molecule has 0 saturated carbocycles. The smallest absolute Gasteiger partial charge is 0.0422 e. The molecule has 116 valence electrons. The van der Waals surface area contributed by atoms with Crippen LogP contribution in [-0.2, 0) is 6.42 Å². The molecule has 1 aromatic carbocycles. The van der Waals surface area contributed by atoms with Gasteiger partial charge in [-0.3, -0.25) is 9.88 Å². The lowest BCUT2D eigenvalue weighted by molar-refractivity contribution is 0.208. The summed E-state index contributed by atoms with van der Waals surface area (Å²) in [7, 11) is 0. The van der Waals surface area contributed by atoms with Gasteiger partial charge in [0.05, 0.1) is 0 Å². The third-order valence-electron chi connectivity index (χ3n) is 4.20. The molecule has 1 aromatic heterocycles. The molecule has 1 saturated heterocycles. The molecule has 0 aliphatic carbocycles. The van der Waals surface area contributed by atoms with Gasteiger partial charge in [0.25, 0.3) is 0 Å². The van der Waals surface area contributed by atoms with Crippen molar-refractivity contribution in [1.82, 2.24) is 15.2 Å². The molecule has 1 aliphatic heterocycles. The Balaban J connectivity index is 1.85. The van der Waals surface area contributed by atoms with Gasteiger partial charge in [-0.15, -0.1) is 0 Å². The van der Waals surface area contributed by atoms with Gasteiger partial charge in [0.1, 0.15) is 0 Å². The molecule has 1 aliphatic rings. The summed E-state index contributed by atoms with van der Waals surface area (Å²) in [5, 5.41) is 3.49. The summed E-state index contributed by atoms with van der Waals surface area (Å²) in [5.41, 5.74) is 2.53. The molecule has 4 heteroatoms. The number of aromatic nitrogens is 1. The van der Waals surface area contributed by atoms with E-state index >= 15 is 0 Å². The van der Waals surface area contributed by atoms with Crippen molar-refractivity contribution in [3.05, 3.63) is 64.4 Å². The standard InChI is InChI=1S/C18H22BrN3/c19-16-7-5-15(6-8-16)18(14-17-4-1-2-10-21-17)22-12-3-9-20-11-13-22/h1-2,4-8,10,18,20H,3,9,11-14H2. The maximum absolute atomic E-state index is 4.53. The quantitative estimate of drug-likeness (QED) is 0.906. The van der Waals surface area contributed by atoms with Crippen molar-refractivity contribution in [3.63, 3.8) is 0 Å². The van der Waals surface area contributed by atoms with Crippen LogP contribution in [0.2, 0.25) is 0 Å². The van der Waals surface area contributed by atoms with E-state index in [1.807, 2.05) is 12.3 Å². The van der Waals surface area contributed by atoms with Gasteiger partial charge < -0.3 is 5.32 Å². The van der Waals surface area contributed by atoms with Gasteiger partial charge in [-0.05, 0) is 42.8 Å². The number of hydrogen-bond acceptors (Lipinski definition) is 3. The highest BCUT2D eigenvalue weighted by atomic mass is 79.9. The van der Waals surface area contributed by atoms with E-state index in [0.717, 1.165) is 42.8 Å². The Morgan fingerprint density at radius 2 is 1.95 bits per heavy atom. The summed E-state index contributed by atoms with van der Waals surface area (Å²) < 4.78 is 1.13. The first kappa shape index (κ1) is 15.7. The number of benzene rings is 1. The topological polar surface area (TPSA) is 28.2 Å². The summed E-state index contributed by atoms with van der Waals surface area (Å²) in [6, 6.07) is 15.3. The fraction of sp³-hybridized carbons (Fsp3) is 0.389. The second-order valence-corrected chi connectivity index (χ2v) is 6.65. The van der Waals surface area contributed by atoms with Gasteiger partial charge in [0, 0.05) is 48.5 Å². The maximum atomic E-state index is 4.53.